The van der Waals surface area contributed by atoms with E-state index in [1.165, 1.54) is 30.5 Å². The van der Waals surface area contributed by atoms with E-state index in [4.69, 9.17) is 4.74 Å². The summed E-state index contributed by atoms with van der Waals surface area (Å²) < 4.78 is 61.6. The lowest BCUT2D eigenvalue weighted by atomic mass is 10.0. The molecule has 0 aliphatic rings. The summed E-state index contributed by atoms with van der Waals surface area (Å²) in [7, 11) is 0. The lowest BCUT2D eigenvalue weighted by Crippen LogP contribution is -1.95. The number of rotatable bonds is 3. The van der Waals surface area contributed by atoms with Crippen LogP contribution in [0.5, 0.6) is 5.75 Å². The SMILES string of the molecule is CCOc1ccc(-c2cc(F)c(C#Cc3ccc4c(F)c(F)ccc4c3)c(F)c2)nc1. The highest BCUT2D eigenvalue weighted by Crippen LogP contribution is 2.25. The molecule has 0 atom stereocenters. The Labute approximate surface area is 176 Å². The summed E-state index contributed by atoms with van der Waals surface area (Å²) in [5.41, 5.74) is 0.686. The van der Waals surface area contributed by atoms with Gasteiger partial charge in [-0.15, -0.1) is 0 Å². The lowest BCUT2D eigenvalue weighted by Gasteiger charge is -2.06. The number of ether oxygens (including phenoxy) is 1. The van der Waals surface area contributed by atoms with E-state index >= 15 is 0 Å². The van der Waals surface area contributed by atoms with E-state index in [9.17, 15) is 17.6 Å². The zero-order valence-corrected chi connectivity index (χ0v) is 16.3. The van der Waals surface area contributed by atoms with Crippen LogP contribution in [0.1, 0.15) is 18.1 Å². The topological polar surface area (TPSA) is 22.1 Å². The second-order valence-corrected chi connectivity index (χ2v) is 6.67. The second-order valence-electron chi connectivity index (χ2n) is 6.67. The Kier molecular flexibility index (Phi) is 5.59. The standard InChI is InChI=1S/C25H15F4NO/c1-2-31-18-6-10-24(30-14-18)17-12-22(27)20(23(28)13-17)8-4-15-3-7-19-16(11-15)5-9-21(26)25(19)29/h3,5-7,9-14H,2H2,1H3. The van der Waals surface area contributed by atoms with Gasteiger partial charge in [-0.1, -0.05) is 24.0 Å². The summed E-state index contributed by atoms with van der Waals surface area (Å²) in [4.78, 5) is 4.16. The van der Waals surface area contributed by atoms with Crippen LogP contribution in [0.3, 0.4) is 0 Å². The van der Waals surface area contributed by atoms with Gasteiger partial charge in [-0.25, -0.2) is 17.6 Å². The van der Waals surface area contributed by atoms with Crippen LogP contribution in [0, 0.1) is 35.1 Å². The van der Waals surface area contributed by atoms with Gasteiger partial charge in [0, 0.05) is 16.5 Å². The highest BCUT2D eigenvalue weighted by atomic mass is 19.2. The van der Waals surface area contributed by atoms with Crippen molar-refractivity contribution < 1.29 is 22.3 Å². The van der Waals surface area contributed by atoms with Crippen molar-refractivity contribution in [2.45, 2.75) is 6.92 Å². The maximum Gasteiger partial charge on any atom is 0.166 e. The van der Waals surface area contributed by atoms with Crippen molar-refractivity contribution in [2.24, 2.45) is 0 Å². The van der Waals surface area contributed by atoms with Gasteiger partial charge in [0.2, 0.25) is 0 Å². The van der Waals surface area contributed by atoms with Crippen LogP contribution < -0.4 is 4.74 Å². The molecule has 4 rings (SSSR count). The maximum atomic E-state index is 14.6. The van der Waals surface area contributed by atoms with Gasteiger partial charge < -0.3 is 4.74 Å². The van der Waals surface area contributed by atoms with Gasteiger partial charge in [0.05, 0.1) is 24.1 Å². The van der Waals surface area contributed by atoms with E-state index < -0.39 is 23.3 Å². The first kappa shape index (κ1) is 20.4. The number of pyridine rings is 1. The summed E-state index contributed by atoms with van der Waals surface area (Å²) in [5, 5.41) is 0.540. The minimum Gasteiger partial charge on any atom is -0.492 e. The smallest absolute Gasteiger partial charge is 0.166 e. The average Bonchev–Trinajstić information content (AvgIpc) is 2.76. The number of hydrogen-bond donors (Lipinski definition) is 0. The van der Waals surface area contributed by atoms with E-state index in [0.717, 1.165) is 18.2 Å². The van der Waals surface area contributed by atoms with E-state index in [1.54, 1.807) is 12.1 Å². The molecule has 0 N–H and O–H groups in total. The Morgan fingerprint density at radius 3 is 2.29 bits per heavy atom. The van der Waals surface area contributed by atoms with Crippen LogP contribution in [0.4, 0.5) is 17.6 Å². The van der Waals surface area contributed by atoms with E-state index in [-0.39, 0.29) is 16.5 Å². The van der Waals surface area contributed by atoms with Crippen molar-refractivity contribution in [1.29, 1.82) is 0 Å². The first-order valence-corrected chi connectivity index (χ1v) is 9.44. The van der Waals surface area contributed by atoms with Crippen LogP contribution in [-0.2, 0) is 0 Å². The highest BCUT2D eigenvalue weighted by Gasteiger charge is 2.12. The van der Waals surface area contributed by atoms with E-state index in [0.29, 0.717) is 29.0 Å². The van der Waals surface area contributed by atoms with Crippen molar-refractivity contribution in [1.82, 2.24) is 4.98 Å². The summed E-state index contributed by atoms with van der Waals surface area (Å²) in [6, 6.07) is 12.4. The molecule has 0 saturated heterocycles. The van der Waals surface area contributed by atoms with Crippen molar-refractivity contribution in [2.75, 3.05) is 6.61 Å². The van der Waals surface area contributed by atoms with E-state index in [1.807, 2.05) is 6.92 Å². The number of benzene rings is 3. The molecule has 0 aliphatic heterocycles. The molecule has 0 bridgehead atoms. The van der Waals surface area contributed by atoms with Gasteiger partial charge >= 0.3 is 0 Å². The first-order valence-electron chi connectivity index (χ1n) is 9.44. The average molecular weight is 421 g/mol. The zero-order valence-electron chi connectivity index (χ0n) is 16.3. The fraction of sp³-hybridized carbons (Fsp3) is 0.0800. The molecule has 6 heteroatoms. The Bertz CT molecular complexity index is 1310. The minimum absolute atomic E-state index is 0.107. The second kappa shape index (κ2) is 8.49. The zero-order chi connectivity index (χ0) is 22.0. The fourth-order valence-corrected chi connectivity index (χ4v) is 3.12. The van der Waals surface area contributed by atoms with Gasteiger partial charge in [-0.05, 0) is 54.8 Å². The normalized spacial score (nSPS) is 10.6. The molecule has 1 aromatic heterocycles. The van der Waals surface area contributed by atoms with Crippen LogP contribution in [0.15, 0.2) is 60.8 Å². The molecule has 0 amide bonds. The number of hydrogen-bond acceptors (Lipinski definition) is 2. The third-order valence-corrected chi connectivity index (χ3v) is 4.62. The van der Waals surface area contributed by atoms with Gasteiger partial charge in [0.25, 0.3) is 0 Å². The molecule has 0 aliphatic carbocycles. The van der Waals surface area contributed by atoms with Gasteiger partial charge in [-0.2, -0.15) is 0 Å². The Hall–Kier alpha value is -3.85. The Balaban J connectivity index is 1.65. The monoisotopic (exact) mass is 421 g/mol. The summed E-state index contributed by atoms with van der Waals surface area (Å²) in [5.74, 6) is 2.17. The predicted octanol–water partition coefficient (Wildman–Crippen LogP) is 6.26. The van der Waals surface area contributed by atoms with Crippen LogP contribution in [0.25, 0.3) is 22.0 Å². The van der Waals surface area contributed by atoms with Gasteiger partial charge in [0.1, 0.15) is 17.4 Å². The molecule has 4 aromatic rings. The minimum atomic E-state index is -0.951. The Morgan fingerprint density at radius 1 is 0.839 bits per heavy atom. The number of halogens is 4. The molecule has 0 saturated carbocycles. The fourth-order valence-electron chi connectivity index (χ4n) is 3.12. The number of nitrogens with zero attached hydrogens (tertiary/aromatic N) is 1. The molecule has 0 spiro atoms. The molecule has 1 heterocycles. The molecule has 0 unspecified atom stereocenters. The number of aromatic nitrogens is 1. The van der Waals surface area contributed by atoms with Crippen LogP contribution in [0.2, 0.25) is 0 Å². The third-order valence-electron chi connectivity index (χ3n) is 4.62. The van der Waals surface area contributed by atoms with Crippen molar-refractivity contribution in [3.8, 4) is 28.8 Å². The molecule has 0 fully saturated rings. The molecule has 2 nitrogen and oxygen atoms in total. The first-order chi connectivity index (χ1) is 15.0. The van der Waals surface area contributed by atoms with Crippen molar-refractivity contribution in [3.63, 3.8) is 0 Å². The molecular weight excluding hydrogens is 406 g/mol. The van der Waals surface area contributed by atoms with Gasteiger partial charge in [-0.3, -0.25) is 4.98 Å². The van der Waals surface area contributed by atoms with Crippen molar-refractivity contribution >= 4 is 10.8 Å². The van der Waals surface area contributed by atoms with Crippen LogP contribution in [-0.4, -0.2) is 11.6 Å². The summed E-state index contributed by atoms with van der Waals surface area (Å²) >= 11 is 0. The molecule has 0 radical (unpaired) electrons. The van der Waals surface area contributed by atoms with Gasteiger partial charge in [0.15, 0.2) is 11.6 Å². The Morgan fingerprint density at radius 2 is 1.61 bits per heavy atom. The predicted molar refractivity (Wildman–Crippen MR) is 111 cm³/mol. The molecule has 154 valence electrons. The highest BCUT2D eigenvalue weighted by molar-refractivity contribution is 5.84. The third kappa shape index (κ3) is 4.22. The molecule has 3 aromatic carbocycles. The molecular formula is C25H15F4NO. The van der Waals surface area contributed by atoms with E-state index in [2.05, 4.69) is 16.8 Å². The quantitative estimate of drug-likeness (QED) is 0.288. The summed E-state index contributed by atoms with van der Waals surface area (Å²) in [6.45, 7) is 2.33. The lowest BCUT2D eigenvalue weighted by molar-refractivity contribution is 0.339. The van der Waals surface area contributed by atoms with Crippen LogP contribution >= 0.6 is 0 Å². The largest absolute Gasteiger partial charge is 0.492 e. The number of fused-ring (bicyclic) bond motifs is 1. The maximum absolute atomic E-state index is 14.6. The van der Waals surface area contributed by atoms with Crippen molar-refractivity contribution in [3.05, 3.63) is 95.2 Å². The summed E-state index contributed by atoms with van der Waals surface area (Å²) in [6.07, 6.45) is 1.48. The molecule has 31 heavy (non-hydrogen) atoms.